The zero-order valence-electron chi connectivity index (χ0n) is 9.67. The number of nitrogens with one attached hydrogen (secondary N) is 1. The van der Waals surface area contributed by atoms with Crippen molar-refractivity contribution >= 4 is 27.0 Å². The molecular formula is C14H10BrFN2. The molecule has 0 radical (unpaired) electrons. The number of aromatic amines is 1. The van der Waals surface area contributed by atoms with Crippen molar-refractivity contribution in [1.29, 1.82) is 0 Å². The molecule has 0 saturated carbocycles. The van der Waals surface area contributed by atoms with Gasteiger partial charge in [-0.1, -0.05) is 28.1 Å². The predicted molar refractivity (Wildman–Crippen MR) is 73.9 cm³/mol. The quantitative estimate of drug-likeness (QED) is 0.707. The lowest BCUT2D eigenvalue weighted by Crippen LogP contribution is -1.85. The second-order valence-corrected chi connectivity index (χ2v) is 5.10. The van der Waals surface area contributed by atoms with Crippen molar-refractivity contribution in [3.05, 3.63) is 52.3 Å². The van der Waals surface area contributed by atoms with Crippen molar-refractivity contribution in [2.24, 2.45) is 0 Å². The molecule has 3 aromatic rings. The van der Waals surface area contributed by atoms with Gasteiger partial charge in [0.2, 0.25) is 0 Å². The number of hydrogen-bond acceptors (Lipinski definition) is 1. The first-order valence-corrected chi connectivity index (χ1v) is 6.35. The molecule has 1 N–H and O–H groups in total. The Morgan fingerprint density at radius 2 is 2.06 bits per heavy atom. The monoisotopic (exact) mass is 304 g/mol. The maximum absolute atomic E-state index is 13.6. The first-order chi connectivity index (χ1) is 8.65. The Bertz CT molecular complexity index is 734. The van der Waals surface area contributed by atoms with Crippen LogP contribution in [0, 0.1) is 12.7 Å². The summed E-state index contributed by atoms with van der Waals surface area (Å²) < 4.78 is 14.6. The van der Waals surface area contributed by atoms with Gasteiger partial charge >= 0.3 is 0 Å². The zero-order valence-corrected chi connectivity index (χ0v) is 11.3. The Hall–Kier alpha value is -1.68. The first-order valence-electron chi connectivity index (χ1n) is 5.56. The fraction of sp³-hybridized carbons (Fsp3) is 0.0714. The van der Waals surface area contributed by atoms with Crippen LogP contribution in [0.25, 0.3) is 22.4 Å². The van der Waals surface area contributed by atoms with Crippen LogP contribution in [-0.2, 0) is 0 Å². The van der Waals surface area contributed by atoms with Gasteiger partial charge < -0.3 is 4.98 Å². The number of aromatic nitrogens is 2. The molecule has 4 heteroatoms. The summed E-state index contributed by atoms with van der Waals surface area (Å²) >= 11 is 3.44. The van der Waals surface area contributed by atoms with E-state index in [1.54, 1.807) is 6.07 Å². The molecular weight excluding hydrogens is 295 g/mol. The molecule has 0 saturated heterocycles. The molecule has 1 aromatic heterocycles. The molecule has 2 aromatic carbocycles. The molecule has 0 unspecified atom stereocenters. The summed E-state index contributed by atoms with van der Waals surface area (Å²) in [6, 6.07) is 10.9. The number of imidazole rings is 1. The normalized spacial score (nSPS) is 11.1. The highest BCUT2D eigenvalue weighted by atomic mass is 79.9. The highest BCUT2D eigenvalue weighted by Gasteiger charge is 2.10. The van der Waals surface area contributed by atoms with Gasteiger partial charge in [-0.05, 0) is 36.8 Å². The molecule has 18 heavy (non-hydrogen) atoms. The van der Waals surface area contributed by atoms with Gasteiger partial charge in [0.1, 0.15) is 11.3 Å². The molecule has 1 heterocycles. The number of H-pyrrole nitrogens is 1. The minimum Gasteiger partial charge on any atom is -0.338 e. The van der Waals surface area contributed by atoms with Crippen LogP contribution in [0.15, 0.2) is 40.9 Å². The molecule has 0 spiro atoms. The van der Waals surface area contributed by atoms with E-state index in [4.69, 9.17) is 0 Å². The molecule has 3 rings (SSSR count). The average Bonchev–Trinajstić information content (AvgIpc) is 2.77. The second kappa shape index (κ2) is 4.21. The molecule has 0 amide bonds. The molecule has 0 aliphatic rings. The Morgan fingerprint density at radius 3 is 2.83 bits per heavy atom. The summed E-state index contributed by atoms with van der Waals surface area (Å²) in [7, 11) is 0. The number of halogens is 2. The van der Waals surface area contributed by atoms with E-state index < -0.39 is 0 Å². The van der Waals surface area contributed by atoms with Gasteiger partial charge in [-0.15, -0.1) is 0 Å². The van der Waals surface area contributed by atoms with Gasteiger partial charge in [0.05, 0.1) is 5.52 Å². The van der Waals surface area contributed by atoms with Crippen molar-refractivity contribution in [2.75, 3.05) is 0 Å². The van der Waals surface area contributed by atoms with E-state index in [-0.39, 0.29) is 5.82 Å². The van der Waals surface area contributed by atoms with E-state index in [1.165, 1.54) is 6.07 Å². The van der Waals surface area contributed by atoms with Gasteiger partial charge in [-0.3, -0.25) is 0 Å². The van der Waals surface area contributed by atoms with Crippen molar-refractivity contribution < 1.29 is 4.39 Å². The Morgan fingerprint density at radius 1 is 1.22 bits per heavy atom. The summed E-state index contributed by atoms with van der Waals surface area (Å²) in [5.74, 6) is 0.386. The topological polar surface area (TPSA) is 28.7 Å². The third kappa shape index (κ3) is 1.82. The molecule has 0 aliphatic carbocycles. The van der Waals surface area contributed by atoms with Crippen LogP contribution in [-0.4, -0.2) is 9.97 Å². The number of benzene rings is 2. The van der Waals surface area contributed by atoms with E-state index >= 15 is 0 Å². The Kier molecular flexibility index (Phi) is 2.67. The van der Waals surface area contributed by atoms with Crippen LogP contribution >= 0.6 is 15.9 Å². The number of nitrogens with zero attached hydrogens (tertiary/aromatic N) is 1. The Labute approximate surface area is 112 Å². The van der Waals surface area contributed by atoms with Gasteiger partial charge in [0.15, 0.2) is 5.82 Å². The van der Waals surface area contributed by atoms with Crippen LogP contribution in [0.3, 0.4) is 0 Å². The molecule has 0 atom stereocenters. The highest BCUT2D eigenvalue weighted by molar-refractivity contribution is 9.10. The molecule has 90 valence electrons. The van der Waals surface area contributed by atoms with E-state index in [2.05, 4.69) is 25.9 Å². The van der Waals surface area contributed by atoms with Crippen LogP contribution in [0.1, 0.15) is 5.56 Å². The fourth-order valence-corrected chi connectivity index (χ4v) is 2.34. The average molecular weight is 305 g/mol. The number of rotatable bonds is 1. The van der Waals surface area contributed by atoms with Crippen LogP contribution in [0.4, 0.5) is 4.39 Å². The summed E-state index contributed by atoms with van der Waals surface area (Å²) in [6.07, 6.45) is 0. The van der Waals surface area contributed by atoms with E-state index in [0.717, 1.165) is 15.6 Å². The molecule has 0 aliphatic heterocycles. The van der Waals surface area contributed by atoms with Crippen molar-refractivity contribution in [2.45, 2.75) is 6.92 Å². The highest BCUT2D eigenvalue weighted by Crippen LogP contribution is 2.27. The lowest BCUT2D eigenvalue weighted by molar-refractivity contribution is 0.637. The van der Waals surface area contributed by atoms with Crippen LogP contribution < -0.4 is 0 Å². The Balaban J connectivity index is 2.26. The van der Waals surface area contributed by atoms with E-state index in [9.17, 15) is 4.39 Å². The number of para-hydroxylation sites is 1. The first kappa shape index (κ1) is 11.4. The SMILES string of the molecule is Cc1ccc(Br)cc1-c1nc2c(F)cccc2[nH]1. The number of fused-ring (bicyclic) bond motifs is 1. The minimum atomic E-state index is -0.303. The van der Waals surface area contributed by atoms with E-state index in [0.29, 0.717) is 16.9 Å². The smallest absolute Gasteiger partial charge is 0.151 e. The summed E-state index contributed by atoms with van der Waals surface area (Å²) in [5, 5.41) is 0. The molecule has 0 fully saturated rings. The van der Waals surface area contributed by atoms with Crippen LogP contribution in [0.2, 0.25) is 0 Å². The van der Waals surface area contributed by atoms with Gasteiger partial charge in [-0.2, -0.15) is 0 Å². The fourth-order valence-electron chi connectivity index (χ4n) is 1.97. The van der Waals surface area contributed by atoms with Crippen molar-refractivity contribution in [3.8, 4) is 11.4 Å². The van der Waals surface area contributed by atoms with Crippen LogP contribution in [0.5, 0.6) is 0 Å². The summed E-state index contributed by atoms with van der Waals surface area (Å²) in [6.45, 7) is 2.01. The third-order valence-electron chi connectivity index (χ3n) is 2.92. The van der Waals surface area contributed by atoms with Crippen molar-refractivity contribution in [3.63, 3.8) is 0 Å². The number of hydrogen-bond donors (Lipinski definition) is 1. The second-order valence-electron chi connectivity index (χ2n) is 4.18. The van der Waals surface area contributed by atoms with Gasteiger partial charge in [0.25, 0.3) is 0 Å². The maximum atomic E-state index is 13.6. The predicted octanol–water partition coefficient (Wildman–Crippen LogP) is 4.44. The summed E-state index contributed by atoms with van der Waals surface area (Å²) in [5.41, 5.74) is 3.16. The molecule has 0 bridgehead atoms. The maximum Gasteiger partial charge on any atom is 0.151 e. The minimum absolute atomic E-state index is 0.303. The molecule has 2 nitrogen and oxygen atoms in total. The van der Waals surface area contributed by atoms with E-state index in [1.807, 2.05) is 31.2 Å². The van der Waals surface area contributed by atoms with Gasteiger partial charge in [0, 0.05) is 10.0 Å². The van der Waals surface area contributed by atoms with Crippen molar-refractivity contribution in [1.82, 2.24) is 9.97 Å². The third-order valence-corrected chi connectivity index (χ3v) is 3.41. The summed E-state index contributed by atoms with van der Waals surface area (Å²) in [4.78, 5) is 7.48. The van der Waals surface area contributed by atoms with Gasteiger partial charge in [-0.25, -0.2) is 9.37 Å². The zero-order chi connectivity index (χ0) is 12.7. The largest absolute Gasteiger partial charge is 0.338 e. The standard InChI is InChI=1S/C14H10BrFN2/c1-8-5-6-9(15)7-10(8)14-17-12-4-2-3-11(16)13(12)18-14/h2-7H,1H3,(H,17,18). The lowest BCUT2D eigenvalue weighted by Gasteiger charge is -2.02. The number of aryl methyl sites for hydroxylation is 1. The lowest BCUT2D eigenvalue weighted by atomic mass is 10.1.